The van der Waals surface area contributed by atoms with Gasteiger partial charge in [-0.05, 0) is 49.4 Å². The van der Waals surface area contributed by atoms with Gasteiger partial charge >= 0.3 is 39.5 Å². The Labute approximate surface area is 594 Å². The van der Waals surface area contributed by atoms with Crippen molar-refractivity contribution in [3.05, 3.63) is 0 Å². The number of hydrogen-bond acceptors (Lipinski definition) is 15. The molecule has 0 aromatic heterocycles. The van der Waals surface area contributed by atoms with E-state index < -0.39 is 97.5 Å². The van der Waals surface area contributed by atoms with E-state index in [1.165, 1.54) is 193 Å². The summed E-state index contributed by atoms with van der Waals surface area (Å²) in [6, 6.07) is 0. The summed E-state index contributed by atoms with van der Waals surface area (Å²) in [6.07, 6.45) is 52.8. The fourth-order valence-electron chi connectivity index (χ4n) is 11.9. The van der Waals surface area contributed by atoms with Gasteiger partial charge in [-0.3, -0.25) is 37.3 Å². The molecule has 0 saturated carbocycles. The smallest absolute Gasteiger partial charge is 0.462 e. The summed E-state index contributed by atoms with van der Waals surface area (Å²) in [5.41, 5.74) is 0. The SMILES string of the molecule is CC(C)CCCCCCCCCCCCCCCCCC(=O)OC[C@H](COP(=O)(O)OCC(O)COP(=O)(O)OC[C@@H](COC(=O)CCCCCCCCCC(C)C)OC(=O)CCCCCCCCCCCC(C)C)OC(=O)CCCCCCCCCCCCCCCCC(C)C. The first kappa shape index (κ1) is 95.1. The van der Waals surface area contributed by atoms with Crippen LogP contribution in [0.2, 0.25) is 0 Å². The Balaban J connectivity index is 5.24. The average molecular weight is 1420 g/mol. The minimum atomic E-state index is -4.96. The lowest BCUT2D eigenvalue weighted by molar-refractivity contribution is -0.161. The van der Waals surface area contributed by atoms with Crippen molar-refractivity contribution in [3.8, 4) is 0 Å². The van der Waals surface area contributed by atoms with Crippen molar-refractivity contribution in [2.75, 3.05) is 39.6 Å². The summed E-state index contributed by atoms with van der Waals surface area (Å²) in [5, 5.41) is 10.6. The van der Waals surface area contributed by atoms with Gasteiger partial charge < -0.3 is 33.8 Å². The van der Waals surface area contributed by atoms with Crippen LogP contribution in [0.5, 0.6) is 0 Å². The van der Waals surface area contributed by atoms with Gasteiger partial charge in [0.05, 0.1) is 26.4 Å². The highest BCUT2D eigenvalue weighted by molar-refractivity contribution is 7.47. The highest BCUT2D eigenvalue weighted by atomic mass is 31.2. The maximum Gasteiger partial charge on any atom is 0.472 e. The number of unbranched alkanes of at least 4 members (excludes halogenated alkanes) is 41. The standard InChI is InChI=1S/C78H152O17P2/c1-68(2)54-46-38-30-23-18-14-10-9-11-16-20-26-34-42-50-58-75(80)88-64-73(94-77(82)60-52-44-35-27-21-17-13-12-15-19-24-31-39-47-55-69(3)4)66-92-96(84,85)90-62-72(79)63-91-97(86,87)93-67-74(65-89-76(81)59-51-43-37-29-33-41-49-57-71(7)8)95-78(83)61-53-45-36-28-22-25-32-40-48-56-70(5)6/h68-74,79H,9-67H2,1-8H3,(H,84,85)(H,86,87)/t72?,73-,74-/m1/s1. The molecular weight excluding hydrogens is 1270 g/mol. The first-order chi connectivity index (χ1) is 46.6. The summed E-state index contributed by atoms with van der Waals surface area (Å²) in [4.78, 5) is 72.9. The second-order valence-corrected chi connectivity index (χ2v) is 32.9. The summed E-state index contributed by atoms with van der Waals surface area (Å²) in [7, 11) is -9.92. The van der Waals surface area contributed by atoms with E-state index in [1.54, 1.807) is 0 Å². The third-order valence-corrected chi connectivity index (χ3v) is 20.0. The van der Waals surface area contributed by atoms with E-state index >= 15 is 0 Å². The highest BCUT2D eigenvalue weighted by Crippen LogP contribution is 2.45. The fourth-order valence-corrected chi connectivity index (χ4v) is 13.5. The predicted octanol–water partition coefficient (Wildman–Crippen LogP) is 22.8. The molecule has 0 saturated heterocycles. The third-order valence-electron chi connectivity index (χ3n) is 18.1. The van der Waals surface area contributed by atoms with E-state index in [4.69, 9.17) is 37.0 Å². The molecule has 5 atom stereocenters. The van der Waals surface area contributed by atoms with Gasteiger partial charge in [0.15, 0.2) is 12.2 Å². The molecule has 17 nitrogen and oxygen atoms in total. The van der Waals surface area contributed by atoms with Gasteiger partial charge in [-0.1, -0.05) is 344 Å². The Morgan fingerprint density at radius 1 is 0.258 bits per heavy atom. The molecule has 19 heteroatoms. The van der Waals surface area contributed by atoms with Gasteiger partial charge in [-0.15, -0.1) is 0 Å². The maximum atomic E-state index is 13.1. The second-order valence-electron chi connectivity index (χ2n) is 30.0. The van der Waals surface area contributed by atoms with Crippen LogP contribution in [0.3, 0.4) is 0 Å². The zero-order chi connectivity index (χ0) is 71.7. The largest absolute Gasteiger partial charge is 0.472 e. The van der Waals surface area contributed by atoms with Crippen LogP contribution in [0.15, 0.2) is 0 Å². The number of esters is 4. The Morgan fingerprint density at radius 3 is 0.639 bits per heavy atom. The molecule has 0 aliphatic carbocycles. The van der Waals surface area contributed by atoms with Gasteiger partial charge in [0, 0.05) is 25.7 Å². The van der Waals surface area contributed by atoms with E-state index in [2.05, 4.69) is 55.4 Å². The fraction of sp³-hybridized carbons (Fsp3) is 0.949. The van der Waals surface area contributed by atoms with Crippen molar-refractivity contribution in [1.29, 1.82) is 0 Å². The number of aliphatic hydroxyl groups excluding tert-OH is 1. The van der Waals surface area contributed by atoms with Crippen LogP contribution >= 0.6 is 15.6 Å². The zero-order valence-electron chi connectivity index (χ0n) is 63.7. The maximum absolute atomic E-state index is 13.1. The molecule has 0 radical (unpaired) electrons. The Hall–Kier alpha value is -1.94. The molecule has 0 aliphatic heterocycles. The molecule has 0 aromatic carbocycles. The number of ether oxygens (including phenoxy) is 4. The number of rotatable bonds is 75. The second kappa shape index (κ2) is 67.2. The van der Waals surface area contributed by atoms with Gasteiger partial charge in [0.2, 0.25) is 0 Å². The lowest BCUT2D eigenvalue weighted by Crippen LogP contribution is -2.30. The van der Waals surface area contributed by atoms with E-state index in [0.717, 1.165) is 114 Å². The van der Waals surface area contributed by atoms with Crippen molar-refractivity contribution in [1.82, 2.24) is 0 Å². The minimum absolute atomic E-state index is 0.104. The summed E-state index contributed by atoms with van der Waals surface area (Å²) < 4.78 is 68.6. The quantitative estimate of drug-likeness (QED) is 0.0222. The number of carbonyl (C=O) groups is 4. The summed E-state index contributed by atoms with van der Waals surface area (Å²) in [6.45, 7) is 14.2. The Morgan fingerprint density at radius 2 is 0.433 bits per heavy atom. The first-order valence-electron chi connectivity index (χ1n) is 40.2. The van der Waals surface area contributed by atoms with Crippen molar-refractivity contribution in [3.63, 3.8) is 0 Å². The molecular formula is C78H152O17P2. The van der Waals surface area contributed by atoms with Crippen LogP contribution in [-0.4, -0.2) is 96.7 Å². The van der Waals surface area contributed by atoms with Gasteiger partial charge in [0.1, 0.15) is 19.3 Å². The lowest BCUT2D eigenvalue weighted by Gasteiger charge is -2.21. The average Bonchev–Trinajstić information content (AvgIpc) is 1.13. The summed E-state index contributed by atoms with van der Waals surface area (Å²) in [5.74, 6) is 0.924. The topological polar surface area (TPSA) is 237 Å². The Kier molecular flexibility index (Phi) is 65.9. The molecule has 0 heterocycles. The lowest BCUT2D eigenvalue weighted by atomic mass is 10.0. The molecule has 0 spiro atoms. The van der Waals surface area contributed by atoms with Crippen LogP contribution in [0.4, 0.5) is 0 Å². The first-order valence-corrected chi connectivity index (χ1v) is 43.2. The molecule has 3 N–H and O–H groups in total. The van der Waals surface area contributed by atoms with Crippen molar-refractivity contribution < 1.29 is 80.2 Å². The zero-order valence-corrected chi connectivity index (χ0v) is 65.5. The van der Waals surface area contributed by atoms with E-state index in [-0.39, 0.29) is 25.7 Å². The molecule has 576 valence electrons. The minimum Gasteiger partial charge on any atom is -0.462 e. The van der Waals surface area contributed by atoms with Crippen LogP contribution < -0.4 is 0 Å². The monoisotopic (exact) mass is 1420 g/mol. The van der Waals surface area contributed by atoms with Crippen LogP contribution in [-0.2, 0) is 65.4 Å². The normalized spacial score (nSPS) is 14.1. The number of carbonyl (C=O) groups excluding carboxylic acids is 4. The Bertz CT molecular complexity index is 1900. The highest BCUT2D eigenvalue weighted by Gasteiger charge is 2.30. The van der Waals surface area contributed by atoms with Crippen LogP contribution in [0.25, 0.3) is 0 Å². The molecule has 0 aromatic rings. The molecule has 0 fully saturated rings. The van der Waals surface area contributed by atoms with E-state index in [1.807, 2.05) is 0 Å². The molecule has 0 amide bonds. The molecule has 97 heavy (non-hydrogen) atoms. The van der Waals surface area contributed by atoms with Crippen molar-refractivity contribution in [2.24, 2.45) is 23.7 Å². The van der Waals surface area contributed by atoms with Gasteiger partial charge in [0.25, 0.3) is 0 Å². The van der Waals surface area contributed by atoms with E-state index in [0.29, 0.717) is 31.6 Å². The number of phosphoric acid groups is 2. The predicted molar refractivity (Wildman–Crippen MR) is 395 cm³/mol. The van der Waals surface area contributed by atoms with Crippen LogP contribution in [0, 0.1) is 23.7 Å². The van der Waals surface area contributed by atoms with Crippen LogP contribution in [0.1, 0.15) is 396 Å². The van der Waals surface area contributed by atoms with E-state index in [9.17, 15) is 43.2 Å². The number of hydrogen-bond donors (Lipinski definition) is 3. The molecule has 3 unspecified atom stereocenters. The van der Waals surface area contributed by atoms with Gasteiger partial charge in [-0.2, -0.15) is 0 Å². The van der Waals surface area contributed by atoms with Crippen molar-refractivity contribution >= 4 is 39.5 Å². The summed E-state index contributed by atoms with van der Waals surface area (Å²) >= 11 is 0. The molecule has 0 bridgehead atoms. The van der Waals surface area contributed by atoms with Gasteiger partial charge in [-0.25, -0.2) is 9.13 Å². The molecule has 0 rings (SSSR count). The third kappa shape index (κ3) is 72.2. The molecule has 0 aliphatic rings. The number of aliphatic hydroxyl groups is 1. The number of phosphoric ester groups is 2. The van der Waals surface area contributed by atoms with Crippen molar-refractivity contribution in [2.45, 2.75) is 414 Å².